The average Bonchev–Trinajstić information content (AvgIpc) is 3.20. The van der Waals surface area contributed by atoms with Crippen LogP contribution in [-0.2, 0) is 30.6 Å². The molecule has 7 nitrogen and oxygen atoms in total. The van der Waals surface area contributed by atoms with Gasteiger partial charge in [0.1, 0.15) is 0 Å². The number of carbonyl (C=O) groups excluding carboxylic acids is 1. The monoisotopic (exact) mass is 490 g/mol. The molecule has 0 radical (unpaired) electrons. The third-order valence-corrected chi connectivity index (χ3v) is 6.38. The number of rotatable bonds is 6. The Balaban J connectivity index is 1.50. The third kappa shape index (κ3) is 5.05. The van der Waals surface area contributed by atoms with Gasteiger partial charge in [-0.05, 0) is 36.7 Å². The van der Waals surface area contributed by atoms with Gasteiger partial charge < -0.3 is 4.90 Å². The molecule has 1 saturated heterocycles. The van der Waals surface area contributed by atoms with Crippen molar-refractivity contribution >= 4 is 21.8 Å². The summed E-state index contributed by atoms with van der Waals surface area (Å²) in [5.41, 5.74) is 1.62. The maximum Gasteiger partial charge on any atom is 0.436 e. The molecule has 0 saturated carbocycles. The van der Waals surface area contributed by atoms with Crippen molar-refractivity contribution in [1.29, 1.82) is 0 Å². The van der Waals surface area contributed by atoms with Crippen LogP contribution >= 0.6 is 15.9 Å². The summed E-state index contributed by atoms with van der Waals surface area (Å²) < 4.78 is 42.0. The number of halogens is 4. The van der Waals surface area contributed by atoms with Gasteiger partial charge in [0.25, 0.3) is 0 Å². The molecule has 0 bridgehead atoms. The fourth-order valence-corrected chi connectivity index (χ4v) is 4.06. The Kier molecular flexibility index (Phi) is 6.91. The van der Waals surface area contributed by atoms with Gasteiger partial charge in [-0.3, -0.25) is 19.1 Å². The number of piperazine rings is 1. The first-order chi connectivity index (χ1) is 14.1. The van der Waals surface area contributed by atoms with Crippen molar-refractivity contribution in [3.8, 4) is 0 Å². The van der Waals surface area contributed by atoms with Gasteiger partial charge in [0.15, 0.2) is 5.69 Å². The van der Waals surface area contributed by atoms with E-state index in [1.807, 2.05) is 18.5 Å². The van der Waals surface area contributed by atoms with Gasteiger partial charge in [-0.25, -0.2) is 0 Å². The van der Waals surface area contributed by atoms with Crippen molar-refractivity contribution in [1.82, 2.24) is 29.4 Å². The van der Waals surface area contributed by atoms with Crippen molar-refractivity contribution in [3.63, 3.8) is 0 Å². The fraction of sp³-hybridized carbons (Fsp3) is 0.632. The molecule has 1 amide bonds. The molecule has 3 rings (SSSR count). The molecule has 1 aliphatic rings. The van der Waals surface area contributed by atoms with Crippen LogP contribution in [0, 0.1) is 13.8 Å². The lowest BCUT2D eigenvalue weighted by atomic mass is 10.2. The zero-order valence-corrected chi connectivity index (χ0v) is 18.9. The number of hydrogen-bond donors (Lipinski definition) is 0. The van der Waals surface area contributed by atoms with E-state index in [0.29, 0.717) is 18.8 Å². The molecule has 11 heteroatoms. The van der Waals surface area contributed by atoms with E-state index in [4.69, 9.17) is 0 Å². The Morgan fingerprint density at radius 1 is 1.17 bits per heavy atom. The molecule has 30 heavy (non-hydrogen) atoms. The zero-order chi connectivity index (χ0) is 22.1. The summed E-state index contributed by atoms with van der Waals surface area (Å²) in [5.74, 6) is -0.0655. The van der Waals surface area contributed by atoms with E-state index in [0.717, 1.165) is 31.9 Å². The quantitative estimate of drug-likeness (QED) is 0.623. The molecule has 0 atom stereocenters. The van der Waals surface area contributed by atoms with Gasteiger partial charge in [-0.2, -0.15) is 23.4 Å². The van der Waals surface area contributed by atoms with E-state index in [2.05, 4.69) is 37.2 Å². The molecule has 2 aromatic heterocycles. The number of aryl methyl sites for hydroxylation is 3. The lowest BCUT2D eigenvalue weighted by Crippen LogP contribution is -2.48. The summed E-state index contributed by atoms with van der Waals surface area (Å²) in [4.78, 5) is 16.6. The van der Waals surface area contributed by atoms with Gasteiger partial charge in [0.2, 0.25) is 5.91 Å². The molecule has 0 unspecified atom stereocenters. The summed E-state index contributed by atoms with van der Waals surface area (Å²) in [6.45, 7) is 10.1. The summed E-state index contributed by atoms with van der Waals surface area (Å²) in [7, 11) is 0. The lowest BCUT2D eigenvalue weighted by Gasteiger charge is -2.34. The van der Waals surface area contributed by atoms with Gasteiger partial charge in [0.05, 0.1) is 22.4 Å². The van der Waals surface area contributed by atoms with Gasteiger partial charge in [-0.1, -0.05) is 0 Å². The van der Waals surface area contributed by atoms with Crippen LogP contribution in [0.2, 0.25) is 0 Å². The molecule has 166 valence electrons. The van der Waals surface area contributed by atoms with Crippen LogP contribution in [0.3, 0.4) is 0 Å². The zero-order valence-electron chi connectivity index (χ0n) is 17.3. The Labute approximate surface area is 181 Å². The molecule has 0 N–H and O–H groups in total. The summed E-state index contributed by atoms with van der Waals surface area (Å²) in [6, 6.07) is 0. The van der Waals surface area contributed by atoms with Crippen LogP contribution in [0.15, 0.2) is 10.7 Å². The number of hydrogen-bond acceptors (Lipinski definition) is 4. The van der Waals surface area contributed by atoms with Crippen LogP contribution in [0.4, 0.5) is 13.2 Å². The van der Waals surface area contributed by atoms with Gasteiger partial charge >= 0.3 is 6.18 Å². The van der Waals surface area contributed by atoms with Crippen molar-refractivity contribution in [2.45, 2.75) is 53.0 Å². The largest absolute Gasteiger partial charge is 0.436 e. The Bertz CT molecular complexity index is 899. The van der Waals surface area contributed by atoms with Crippen molar-refractivity contribution in [2.24, 2.45) is 0 Å². The van der Waals surface area contributed by atoms with E-state index in [-0.39, 0.29) is 23.3 Å². The minimum absolute atomic E-state index is 0.0655. The molecule has 0 aromatic carbocycles. The summed E-state index contributed by atoms with van der Waals surface area (Å²) in [5, 5.41) is 8.10. The first kappa shape index (κ1) is 22.8. The van der Waals surface area contributed by atoms with E-state index < -0.39 is 11.9 Å². The molecule has 1 fully saturated rings. The van der Waals surface area contributed by atoms with E-state index in [1.54, 1.807) is 11.8 Å². The van der Waals surface area contributed by atoms with E-state index in [9.17, 15) is 18.0 Å². The number of alkyl halides is 3. The van der Waals surface area contributed by atoms with Crippen LogP contribution in [0.1, 0.15) is 36.0 Å². The van der Waals surface area contributed by atoms with Crippen molar-refractivity contribution < 1.29 is 18.0 Å². The number of amides is 1. The summed E-state index contributed by atoms with van der Waals surface area (Å²) >= 11 is 2.96. The van der Waals surface area contributed by atoms with Crippen LogP contribution in [-0.4, -0.2) is 61.4 Å². The normalized spacial score (nSPS) is 15.8. The predicted molar refractivity (Wildman–Crippen MR) is 109 cm³/mol. The number of nitrogens with zero attached hydrogens (tertiary/aromatic N) is 6. The summed E-state index contributed by atoms with van der Waals surface area (Å²) in [6.07, 6.45) is -2.34. The third-order valence-electron chi connectivity index (χ3n) is 5.43. The maximum absolute atomic E-state index is 13.0. The Hall–Kier alpha value is -1.88. The Morgan fingerprint density at radius 3 is 2.37 bits per heavy atom. The van der Waals surface area contributed by atoms with E-state index in [1.165, 1.54) is 10.2 Å². The highest BCUT2D eigenvalue weighted by Crippen LogP contribution is 2.35. The second-order valence-electron chi connectivity index (χ2n) is 7.47. The van der Waals surface area contributed by atoms with Crippen LogP contribution < -0.4 is 0 Å². The average molecular weight is 491 g/mol. The highest BCUT2D eigenvalue weighted by molar-refractivity contribution is 9.10. The standard InChI is InChI=1S/C19H26BrF3N6O/c1-4-28-12-15(13(2)24-28)11-26-7-9-27(10-8-26)16(30)5-6-29-14(3)17(20)18(25-29)19(21,22)23/h12H,4-11H2,1-3H3. The van der Waals surface area contributed by atoms with Crippen molar-refractivity contribution in [3.05, 3.63) is 33.3 Å². The van der Waals surface area contributed by atoms with Gasteiger partial charge in [-0.15, -0.1) is 0 Å². The van der Waals surface area contributed by atoms with Crippen molar-refractivity contribution in [2.75, 3.05) is 26.2 Å². The minimum Gasteiger partial charge on any atom is -0.340 e. The highest BCUT2D eigenvalue weighted by atomic mass is 79.9. The second kappa shape index (κ2) is 9.09. The highest BCUT2D eigenvalue weighted by Gasteiger charge is 2.38. The first-order valence-corrected chi connectivity index (χ1v) is 10.7. The van der Waals surface area contributed by atoms with E-state index >= 15 is 0 Å². The van der Waals surface area contributed by atoms with Gasteiger partial charge in [0, 0.05) is 57.4 Å². The topological polar surface area (TPSA) is 59.2 Å². The minimum atomic E-state index is -4.53. The molecule has 2 aromatic rings. The fourth-order valence-electron chi connectivity index (χ4n) is 3.56. The SMILES string of the molecule is CCn1cc(CN2CCN(C(=O)CCn3nc(C(F)(F)F)c(Br)c3C)CC2)c(C)n1. The Morgan fingerprint density at radius 2 is 1.83 bits per heavy atom. The number of carbonyl (C=O) groups is 1. The lowest BCUT2D eigenvalue weighted by molar-refractivity contribution is -0.142. The number of aromatic nitrogens is 4. The molecule has 0 spiro atoms. The molecular weight excluding hydrogens is 465 g/mol. The second-order valence-corrected chi connectivity index (χ2v) is 8.26. The molecular formula is C19H26BrF3N6O. The van der Waals surface area contributed by atoms with Crippen LogP contribution in [0.25, 0.3) is 0 Å². The molecule has 1 aliphatic heterocycles. The smallest absolute Gasteiger partial charge is 0.340 e. The first-order valence-electron chi connectivity index (χ1n) is 9.93. The maximum atomic E-state index is 13.0. The molecule has 3 heterocycles. The molecule has 0 aliphatic carbocycles. The predicted octanol–water partition coefficient (Wildman–Crippen LogP) is 3.23. The van der Waals surface area contributed by atoms with Crippen LogP contribution in [0.5, 0.6) is 0 Å².